The molecule has 0 atom stereocenters. The average Bonchev–Trinajstić information content (AvgIpc) is 2.98. The molecule has 3 nitrogen and oxygen atoms in total. The van der Waals surface area contributed by atoms with Crippen LogP contribution in [0.25, 0.3) is 11.4 Å². The van der Waals surface area contributed by atoms with Gasteiger partial charge in [-0.15, -0.1) is 11.8 Å². The predicted molar refractivity (Wildman–Crippen MR) is 80.6 cm³/mol. The highest BCUT2D eigenvalue weighted by Gasteiger charge is 2.07. The van der Waals surface area contributed by atoms with Crippen LogP contribution in [0.5, 0.6) is 0 Å². The molecule has 2 aromatic carbocycles. The van der Waals surface area contributed by atoms with E-state index in [1.165, 1.54) is 4.90 Å². The van der Waals surface area contributed by atoms with E-state index in [9.17, 15) is 0 Å². The Labute approximate surface area is 122 Å². The zero-order chi connectivity index (χ0) is 13.6. The van der Waals surface area contributed by atoms with Gasteiger partial charge in [-0.1, -0.05) is 53.7 Å². The molecule has 0 aliphatic heterocycles. The van der Waals surface area contributed by atoms with Gasteiger partial charge in [-0.3, -0.25) is 0 Å². The van der Waals surface area contributed by atoms with Gasteiger partial charge in [0.25, 0.3) is 0 Å². The number of thioether (sulfide) groups is 1. The number of rotatable bonds is 5. The van der Waals surface area contributed by atoms with E-state index in [2.05, 4.69) is 22.3 Å². The van der Waals surface area contributed by atoms with Gasteiger partial charge in [-0.25, -0.2) is 0 Å². The lowest BCUT2D eigenvalue weighted by Gasteiger charge is -1.97. The molecule has 0 amide bonds. The lowest BCUT2D eigenvalue weighted by Crippen LogP contribution is -1.89. The molecule has 100 valence electrons. The Morgan fingerprint density at radius 3 is 2.35 bits per heavy atom. The van der Waals surface area contributed by atoms with Crippen LogP contribution < -0.4 is 0 Å². The summed E-state index contributed by atoms with van der Waals surface area (Å²) >= 11 is 1.79. The first-order valence-corrected chi connectivity index (χ1v) is 7.46. The Kier molecular flexibility index (Phi) is 4.13. The van der Waals surface area contributed by atoms with Gasteiger partial charge >= 0.3 is 0 Å². The minimum Gasteiger partial charge on any atom is -0.339 e. The zero-order valence-corrected chi connectivity index (χ0v) is 11.7. The smallest absolute Gasteiger partial charge is 0.227 e. The van der Waals surface area contributed by atoms with Crippen molar-refractivity contribution in [2.24, 2.45) is 0 Å². The third kappa shape index (κ3) is 3.27. The highest BCUT2D eigenvalue weighted by molar-refractivity contribution is 7.99. The summed E-state index contributed by atoms with van der Waals surface area (Å²) in [4.78, 5) is 5.68. The van der Waals surface area contributed by atoms with Gasteiger partial charge in [0.1, 0.15) is 0 Å². The maximum atomic E-state index is 5.28. The SMILES string of the molecule is c1ccc(SCCc2nc(-c3ccccc3)no2)cc1. The fraction of sp³-hybridized carbons (Fsp3) is 0.125. The van der Waals surface area contributed by atoms with Crippen molar-refractivity contribution >= 4 is 11.8 Å². The van der Waals surface area contributed by atoms with Crippen molar-refractivity contribution in [3.63, 3.8) is 0 Å². The first kappa shape index (κ1) is 12.9. The van der Waals surface area contributed by atoms with Crippen LogP contribution in [0.4, 0.5) is 0 Å². The minimum absolute atomic E-state index is 0.658. The number of aromatic nitrogens is 2. The summed E-state index contributed by atoms with van der Waals surface area (Å²) in [6.45, 7) is 0. The largest absolute Gasteiger partial charge is 0.339 e. The molecule has 0 fully saturated rings. The number of hydrogen-bond donors (Lipinski definition) is 0. The van der Waals surface area contributed by atoms with Crippen molar-refractivity contribution < 1.29 is 4.52 Å². The topological polar surface area (TPSA) is 38.9 Å². The zero-order valence-electron chi connectivity index (χ0n) is 10.9. The molecule has 0 N–H and O–H groups in total. The third-order valence-corrected chi connectivity index (χ3v) is 3.84. The first-order chi connectivity index (χ1) is 9.92. The molecule has 3 rings (SSSR count). The van der Waals surface area contributed by atoms with Crippen molar-refractivity contribution in [3.8, 4) is 11.4 Å². The van der Waals surface area contributed by atoms with Crippen molar-refractivity contribution in [2.75, 3.05) is 5.75 Å². The Hall–Kier alpha value is -2.07. The van der Waals surface area contributed by atoms with Gasteiger partial charge in [-0.05, 0) is 12.1 Å². The van der Waals surface area contributed by atoms with E-state index >= 15 is 0 Å². The molecule has 20 heavy (non-hydrogen) atoms. The second kappa shape index (κ2) is 6.39. The Balaban J connectivity index is 1.58. The van der Waals surface area contributed by atoms with Gasteiger partial charge in [0.15, 0.2) is 0 Å². The monoisotopic (exact) mass is 282 g/mol. The number of benzene rings is 2. The van der Waals surface area contributed by atoms with Crippen molar-refractivity contribution in [2.45, 2.75) is 11.3 Å². The van der Waals surface area contributed by atoms with E-state index in [-0.39, 0.29) is 0 Å². The van der Waals surface area contributed by atoms with Gasteiger partial charge < -0.3 is 4.52 Å². The summed E-state index contributed by atoms with van der Waals surface area (Å²) in [7, 11) is 0. The van der Waals surface area contributed by atoms with Crippen LogP contribution in [0.2, 0.25) is 0 Å². The Morgan fingerprint density at radius 2 is 1.60 bits per heavy atom. The fourth-order valence-corrected chi connectivity index (χ4v) is 2.70. The van der Waals surface area contributed by atoms with Gasteiger partial charge in [-0.2, -0.15) is 4.98 Å². The van der Waals surface area contributed by atoms with Crippen LogP contribution in [0.1, 0.15) is 5.89 Å². The molecule has 3 aromatic rings. The van der Waals surface area contributed by atoms with E-state index in [1.54, 1.807) is 11.8 Å². The lowest BCUT2D eigenvalue weighted by atomic mass is 10.2. The van der Waals surface area contributed by atoms with Gasteiger partial charge in [0.05, 0.1) is 0 Å². The van der Waals surface area contributed by atoms with E-state index in [4.69, 9.17) is 4.52 Å². The summed E-state index contributed by atoms with van der Waals surface area (Å²) in [5, 5.41) is 4.02. The lowest BCUT2D eigenvalue weighted by molar-refractivity contribution is 0.383. The maximum absolute atomic E-state index is 5.28. The highest BCUT2D eigenvalue weighted by atomic mass is 32.2. The number of aryl methyl sites for hydroxylation is 1. The van der Waals surface area contributed by atoms with Crippen LogP contribution in [-0.2, 0) is 6.42 Å². The second-order valence-corrected chi connectivity index (χ2v) is 5.46. The normalized spacial score (nSPS) is 10.6. The quantitative estimate of drug-likeness (QED) is 0.661. The third-order valence-electron chi connectivity index (χ3n) is 2.83. The van der Waals surface area contributed by atoms with E-state index in [1.807, 2.05) is 48.5 Å². The Morgan fingerprint density at radius 1 is 0.900 bits per heavy atom. The summed E-state index contributed by atoms with van der Waals surface area (Å²) in [5.74, 6) is 2.28. The van der Waals surface area contributed by atoms with Crippen LogP contribution in [0.3, 0.4) is 0 Å². The predicted octanol–water partition coefficient (Wildman–Crippen LogP) is 4.07. The molecule has 0 unspecified atom stereocenters. The van der Waals surface area contributed by atoms with Crippen molar-refractivity contribution in [3.05, 3.63) is 66.6 Å². The minimum atomic E-state index is 0.658. The number of nitrogens with zero attached hydrogens (tertiary/aromatic N) is 2. The molecule has 0 saturated heterocycles. The second-order valence-electron chi connectivity index (χ2n) is 4.29. The maximum Gasteiger partial charge on any atom is 0.227 e. The fourth-order valence-electron chi connectivity index (χ4n) is 1.83. The molecule has 1 heterocycles. The van der Waals surface area contributed by atoms with Crippen molar-refractivity contribution in [1.29, 1.82) is 0 Å². The van der Waals surface area contributed by atoms with E-state index in [0.29, 0.717) is 11.7 Å². The van der Waals surface area contributed by atoms with E-state index in [0.717, 1.165) is 17.7 Å². The molecule has 0 saturated carbocycles. The molecule has 0 spiro atoms. The average molecular weight is 282 g/mol. The summed E-state index contributed by atoms with van der Waals surface area (Å²) < 4.78 is 5.28. The van der Waals surface area contributed by atoms with Gasteiger partial charge in [0.2, 0.25) is 11.7 Å². The molecule has 4 heteroatoms. The molecular formula is C16H14N2OS. The van der Waals surface area contributed by atoms with Crippen molar-refractivity contribution in [1.82, 2.24) is 10.1 Å². The molecule has 1 aromatic heterocycles. The summed E-state index contributed by atoms with van der Waals surface area (Å²) in [5.41, 5.74) is 0.984. The van der Waals surface area contributed by atoms with Crippen LogP contribution in [-0.4, -0.2) is 15.9 Å². The number of hydrogen-bond acceptors (Lipinski definition) is 4. The van der Waals surface area contributed by atoms with Crippen LogP contribution >= 0.6 is 11.8 Å². The molecule has 0 radical (unpaired) electrons. The van der Waals surface area contributed by atoms with Crippen LogP contribution in [0, 0.1) is 0 Å². The van der Waals surface area contributed by atoms with E-state index < -0.39 is 0 Å². The molecule has 0 aliphatic rings. The molecule has 0 aliphatic carbocycles. The summed E-state index contributed by atoms with van der Waals surface area (Å²) in [6, 6.07) is 20.2. The molecule has 0 bridgehead atoms. The standard InChI is InChI=1S/C16H14N2OS/c1-3-7-13(8-4-1)16-17-15(19-18-16)11-12-20-14-9-5-2-6-10-14/h1-10H,11-12H2. The van der Waals surface area contributed by atoms with Crippen LogP contribution in [0.15, 0.2) is 70.1 Å². The van der Waals surface area contributed by atoms with Gasteiger partial charge in [0, 0.05) is 22.6 Å². The highest BCUT2D eigenvalue weighted by Crippen LogP contribution is 2.19. The Bertz CT molecular complexity index is 653. The molecular weight excluding hydrogens is 268 g/mol. The summed E-state index contributed by atoms with van der Waals surface area (Å²) in [6.07, 6.45) is 0.777. The first-order valence-electron chi connectivity index (χ1n) is 6.48.